The number of benzene rings is 1. The van der Waals surface area contributed by atoms with Crippen molar-refractivity contribution in [1.82, 2.24) is 9.21 Å². The van der Waals surface area contributed by atoms with Gasteiger partial charge < -0.3 is 5.73 Å². The zero-order valence-corrected chi connectivity index (χ0v) is 16.1. The normalized spacial score (nSPS) is 18.8. The monoisotopic (exact) mass is 391 g/mol. The van der Waals surface area contributed by atoms with Crippen LogP contribution in [-0.2, 0) is 21.4 Å². The van der Waals surface area contributed by atoms with Gasteiger partial charge >= 0.3 is 0 Å². The first kappa shape index (κ1) is 19.5. The summed E-state index contributed by atoms with van der Waals surface area (Å²) in [7, 11) is -3.55. The maximum absolute atomic E-state index is 12.9. The lowest BCUT2D eigenvalue weighted by molar-refractivity contribution is 0.162. The molecule has 7 nitrogen and oxygen atoms in total. The summed E-state index contributed by atoms with van der Waals surface area (Å²) < 4.78 is 35.6. The van der Waals surface area contributed by atoms with Crippen LogP contribution in [0, 0.1) is 0 Å². The minimum Gasteiger partial charge on any atom is -0.324 e. The van der Waals surface area contributed by atoms with Gasteiger partial charge in [0.1, 0.15) is 16.3 Å². The van der Waals surface area contributed by atoms with Crippen LogP contribution in [0.15, 0.2) is 31.8 Å². The molecule has 2 heterocycles. The van der Waals surface area contributed by atoms with E-state index in [1.807, 2.05) is 13.8 Å². The molecule has 24 heavy (non-hydrogen) atoms. The van der Waals surface area contributed by atoms with E-state index in [-0.39, 0.29) is 22.8 Å². The molecule has 1 saturated heterocycles. The van der Waals surface area contributed by atoms with Gasteiger partial charge in [0.05, 0.1) is 11.4 Å². The maximum Gasteiger partial charge on any atom is 0.245 e. The molecule has 1 fully saturated rings. The number of piperazine rings is 1. The van der Waals surface area contributed by atoms with Crippen molar-refractivity contribution in [2.75, 3.05) is 32.7 Å². The molecule has 0 bridgehead atoms. The summed E-state index contributed by atoms with van der Waals surface area (Å²) in [6, 6.07) is 5.09. The van der Waals surface area contributed by atoms with E-state index < -0.39 is 10.0 Å². The van der Waals surface area contributed by atoms with E-state index in [0.717, 1.165) is 17.9 Å². The van der Waals surface area contributed by atoms with Gasteiger partial charge in [-0.25, -0.2) is 8.42 Å². The smallest absolute Gasteiger partial charge is 0.245 e. The summed E-state index contributed by atoms with van der Waals surface area (Å²) in [6.45, 7) is 7.01. The molecular weight excluding hydrogens is 370 g/mol. The minimum absolute atomic E-state index is 0. The largest absolute Gasteiger partial charge is 0.324 e. The molecule has 0 amide bonds. The minimum atomic E-state index is -3.55. The summed E-state index contributed by atoms with van der Waals surface area (Å²) >= 11 is 1.03. The van der Waals surface area contributed by atoms with Gasteiger partial charge in [-0.05, 0) is 26.0 Å². The van der Waals surface area contributed by atoms with Crippen LogP contribution in [-0.4, -0.2) is 55.9 Å². The SMILES string of the molecule is CC(C)(N)CN1CCN(S(=O)(=O)c2cccc3c2N=S=N3)CC1.Cl. The second-order valence-corrected chi connectivity index (χ2v) is 8.99. The van der Waals surface area contributed by atoms with Crippen molar-refractivity contribution >= 4 is 45.2 Å². The quantitative estimate of drug-likeness (QED) is 0.861. The first-order chi connectivity index (χ1) is 10.8. The van der Waals surface area contributed by atoms with Crippen molar-refractivity contribution in [3.8, 4) is 0 Å². The highest BCUT2D eigenvalue weighted by Gasteiger charge is 2.32. The van der Waals surface area contributed by atoms with Crippen LogP contribution in [0.25, 0.3) is 0 Å². The van der Waals surface area contributed by atoms with Gasteiger partial charge in [-0.15, -0.1) is 12.4 Å². The Hall–Kier alpha value is -0.840. The predicted octanol–water partition coefficient (Wildman–Crippen LogP) is 1.88. The van der Waals surface area contributed by atoms with E-state index in [1.54, 1.807) is 18.2 Å². The van der Waals surface area contributed by atoms with Gasteiger partial charge in [0.2, 0.25) is 10.0 Å². The molecule has 2 aliphatic rings. The Kier molecular flexibility index (Phi) is 5.83. The van der Waals surface area contributed by atoms with Crippen LogP contribution in [0.2, 0.25) is 0 Å². The molecular formula is C14H22ClN5O2S2. The molecule has 3 rings (SSSR count). The number of hydrogen-bond acceptors (Lipinski definition) is 6. The van der Waals surface area contributed by atoms with Gasteiger partial charge in [0.15, 0.2) is 0 Å². The third-order valence-electron chi connectivity index (χ3n) is 3.83. The van der Waals surface area contributed by atoms with Crippen LogP contribution in [0.1, 0.15) is 13.8 Å². The van der Waals surface area contributed by atoms with E-state index in [2.05, 4.69) is 13.6 Å². The number of halogens is 1. The second kappa shape index (κ2) is 7.19. The average molecular weight is 392 g/mol. The fraction of sp³-hybridized carbons (Fsp3) is 0.571. The van der Waals surface area contributed by atoms with Gasteiger partial charge in [-0.1, -0.05) is 6.07 Å². The molecule has 0 unspecified atom stereocenters. The Balaban J connectivity index is 0.00000208. The predicted molar refractivity (Wildman–Crippen MR) is 98.7 cm³/mol. The van der Waals surface area contributed by atoms with Crippen molar-refractivity contribution in [3.05, 3.63) is 18.2 Å². The zero-order chi connectivity index (χ0) is 16.7. The van der Waals surface area contributed by atoms with Crippen LogP contribution in [0.3, 0.4) is 0 Å². The van der Waals surface area contributed by atoms with Crippen molar-refractivity contribution in [1.29, 1.82) is 0 Å². The molecule has 0 spiro atoms. The number of rotatable bonds is 4. The Morgan fingerprint density at radius 1 is 1.21 bits per heavy atom. The number of hydrogen-bond donors (Lipinski definition) is 1. The third kappa shape index (κ3) is 4.04. The molecule has 0 radical (unpaired) electrons. The van der Waals surface area contributed by atoms with E-state index in [9.17, 15) is 8.42 Å². The molecule has 1 aromatic carbocycles. The Morgan fingerprint density at radius 3 is 2.50 bits per heavy atom. The van der Waals surface area contributed by atoms with Crippen molar-refractivity contribution in [2.24, 2.45) is 14.5 Å². The molecule has 2 N–H and O–H groups in total. The fourth-order valence-corrected chi connectivity index (χ4v) is 5.01. The van der Waals surface area contributed by atoms with E-state index >= 15 is 0 Å². The van der Waals surface area contributed by atoms with E-state index in [0.29, 0.717) is 37.6 Å². The number of nitrogens with zero attached hydrogens (tertiary/aromatic N) is 4. The highest BCUT2D eigenvalue weighted by molar-refractivity contribution is 7.89. The lowest BCUT2D eigenvalue weighted by Gasteiger charge is -2.37. The molecule has 0 saturated carbocycles. The summed E-state index contributed by atoms with van der Waals surface area (Å²) in [5.74, 6) is 0. The molecule has 0 atom stereocenters. The number of sulfonamides is 1. The topological polar surface area (TPSA) is 91.4 Å². The van der Waals surface area contributed by atoms with Crippen LogP contribution in [0.4, 0.5) is 11.4 Å². The lowest BCUT2D eigenvalue weighted by Crippen LogP contribution is -2.53. The van der Waals surface area contributed by atoms with Crippen LogP contribution in [0.5, 0.6) is 0 Å². The lowest BCUT2D eigenvalue weighted by atomic mass is 10.1. The van der Waals surface area contributed by atoms with Crippen molar-refractivity contribution < 1.29 is 8.42 Å². The Labute approximate surface area is 152 Å². The van der Waals surface area contributed by atoms with E-state index in [1.165, 1.54) is 4.31 Å². The molecule has 134 valence electrons. The van der Waals surface area contributed by atoms with Gasteiger partial charge in [-0.3, -0.25) is 4.90 Å². The average Bonchev–Trinajstić information content (AvgIpc) is 2.94. The van der Waals surface area contributed by atoms with Gasteiger partial charge in [0, 0.05) is 38.3 Å². The maximum atomic E-state index is 12.9. The summed E-state index contributed by atoms with van der Waals surface area (Å²) in [5.41, 5.74) is 6.85. The highest BCUT2D eigenvalue weighted by atomic mass is 35.5. The third-order valence-corrected chi connectivity index (χ3v) is 6.30. The Morgan fingerprint density at radius 2 is 1.88 bits per heavy atom. The Bertz CT molecular complexity index is 777. The molecule has 1 aromatic rings. The van der Waals surface area contributed by atoms with Crippen LogP contribution >= 0.6 is 12.4 Å². The molecule has 2 aliphatic heterocycles. The number of fused-ring (bicyclic) bond motifs is 1. The second-order valence-electron chi connectivity index (χ2n) is 6.56. The standard InChI is InChI=1S/C14H21N5O2S2.ClH/c1-14(2,15)10-18-6-8-19(9-7-18)23(20,21)12-5-3-4-11-13(12)17-22-16-11;/h3-5H,6-10,15H2,1-2H3;1H. The van der Waals surface area contributed by atoms with Crippen molar-refractivity contribution in [3.63, 3.8) is 0 Å². The van der Waals surface area contributed by atoms with Gasteiger partial charge in [-0.2, -0.15) is 13.0 Å². The molecule has 0 aliphatic carbocycles. The summed E-state index contributed by atoms with van der Waals surface area (Å²) in [6.07, 6.45) is 0. The fourth-order valence-electron chi connectivity index (χ4n) is 2.83. The van der Waals surface area contributed by atoms with Crippen molar-refractivity contribution in [2.45, 2.75) is 24.3 Å². The first-order valence-electron chi connectivity index (χ1n) is 7.50. The highest BCUT2D eigenvalue weighted by Crippen LogP contribution is 2.38. The molecule has 10 heteroatoms. The summed E-state index contributed by atoms with van der Waals surface area (Å²) in [4.78, 5) is 2.45. The zero-order valence-electron chi connectivity index (χ0n) is 13.7. The summed E-state index contributed by atoms with van der Waals surface area (Å²) in [5, 5.41) is 0. The molecule has 0 aromatic heterocycles. The van der Waals surface area contributed by atoms with Gasteiger partial charge in [0.25, 0.3) is 0 Å². The first-order valence-corrected chi connectivity index (χ1v) is 9.67. The number of nitrogens with two attached hydrogens (primary N) is 1. The van der Waals surface area contributed by atoms with E-state index in [4.69, 9.17) is 5.73 Å². The van der Waals surface area contributed by atoms with Crippen LogP contribution < -0.4 is 5.73 Å².